The van der Waals surface area contributed by atoms with Crippen LogP contribution in [0.5, 0.6) is 0 Å². The maximum Gasteiger partial charge on any atom is 0.302 e. The third-order valence-electron chi connectivity index (χ3n) is 4.64. The number of aromatic nitrogens is 1. The van der Waals surface area contributed by atoms with Gasteiger partial charge >= 0.3 is 5.97 Å². The van der Waals surface area contributed by atoms with Crippen molar-refractivity contribution in [3.63, 3.8) is 0 Å². The number of anilines is 1. The van der Waals surface area contributed by atoms with Crippen molar-refractivity contribution < 1.29 is 14.6 Å². The molecular weight excluding hydrogens is 416 g/mol. The smallest absolute Gasteiger partial charge is 0.302 e. The average molecular weight is 443 g/mol. The minimum Gasteiger partial charge on any atom is -0.464 e. The van der Waals surface area contributed by atoms with E-state index in [0.717, 1.165) is 17.0 Å². The fourth-order valence-corrected chi connectivity index (χ4v) is 4.54. The van der Waals surface area contributed by atoms with Gasteiger partial charge in [-0.1, -0.05) is 18.2 Å². The topological polar surface area (TPSA) is 62.7 Å². The van der Waals surface area contributed by atoms with Crippen molar-refractivity contribution in [3.05, 3.63) is 60.3 Å². The molecule has 0 saturated heterocycles. The second kappa shape index (κ2) is 11.2. The first-order chi connectivity index (χ1) is 14.6. The van der Waals surface area contributed by atoms with Crippen LogP contribution in [0.4, 0.5) is 5.69 Å². The molecule has 0 fully saturated rings. The maximum absolute atomic E-state index is 11.0. The van der Waals surface area contributed by atoms with Crippen molar-refractivity contribution in [1.29, 1.82) is 0 Å². The Morgan fingerprint density at radius 1 is 1.13 bits per heavy atom. The molecule has 0 aliphatic carbocycles. The highest BCUT2D eigenvalue weighted by Gasteiger charge is 2.08. The van der Waals surface area contributed by atoms with E-state index in [-0.39, 0.29) is 12.6 Å². The Kier molecular flexibility index (Phi) is 8.42. The Hall–Kier alpha value is -2.22. The molecule has 3 aromatic rings. The van der Waals surface area contributed by atoms with Crippen LogP contribution in [0.2, 0.25) is 0 Å². The summed E-state index contributed by atoms with van der Waals surface area (Å²) in [4.78, 5) is 19.9. The number of esters is 1. The lowest BCUT2D eigenvalue weighted by molar-refractivity contribution is -0.140. The van der Waals surface area contributed by atoms with Gasteiger partial charge < -0.3 is 14.7 Å². The lowest BCUT2D eigenvalue weighted by Gasteiger charge is -2.24. The van der Waals surface area contributed by atoms with Crippen molar-refractivity contribution in [2.24, 2.45) is 0 Å². The van der Waals surface area contributed by atoms with Gasteiger partial charge in [0.15, 0.2) is 0 Å². The van der Waals surface area contributed by atoms with Crippen LogP contribution in [0.15, 0.2) is 64.5 Å². The molecule has 7 heteroatoms. The summed E-state index contributed by atoms with van der Waals surface area (Å²) in [6, 6.07) is 16.8. The van der Waals surface area contributed by atoms with Crippen LogP contribution in [-0.4, -0.2) is 48.6 Å². The van der Waals surface area contributed by atoms with E-state index in [4.69, 9.17) is 4.74 Å². The molecule has 0 aliphatic heterocycles. The Morgan fingerprint density at radius 3 is 2.63 bits per heavy atom. The lowest BCUT2D eigenvalue weighted by atomic mass is 10.2. The van der Waals surface area contributed by atoms with E-state index in [1.54, 1.807) is 23.5 Å². The van der Waals surface area contributed by atoms with Gasteiger partial charge in [-0.25, -0.2) is 0 Å². The zero-order chi connectivity index (χ0) is 21.3. The highest BCUT2D eigenvalue weighted by Crippen LogP contribution is 2.31. The number of carbonyl (C=O) groups is 1. The van der Waals surface area contributed by atoms with Gasteiger partial charge in [0.25, 0.3) is 0 Å². The molecule has 0 unspecified atom stereocenters. The van der Waals surface area contributed by atoms with Gasteiger partial charge in [-0.05, 0) is 42.2 Å². The summed E-state index contributed by atoms with van der Waals surface area (Å²) in [5, 5.41) is 10.5. The number of rotatable bonds is 10. The van der Waals surface area contributed by atoms with Crippen LogP contribution in [0.3, 0.4) is 0 Å². The van der Waals surface area contributed by atoms with E-state index in [1.165, 1.54) is 27.7 Å². The molecule has 0 bridgehead atoms. The maximum atomic E-state index is 11.0. The van der Waals surface area contributed by atoms with E-state index in [2.05, 4.69) is 59.8 Å². The first-order valence-corrected chi connectivity index (χ1v) is 12.0. The Morgan fingerprint density at radius 2 is 1.93 bits per heavy atom. The predicted octanol–water partition coefficient (Wildman–Crippen LogP) is 4.61. The van der Waals surface area contributed by atoms with Crippen molar-refractivity contribution in [1.82, 2.24) is 4.98 Å². The second-order valence-electron chi connectivity index (χ2n) is 6.70. The van der Waals surface area contributed by atoms with Crippen molar-refractivity contribution in [3.8, 4) is 0 Å². The molecule has 0 aliphatic rings. The van der Waals surface area contributed by atoms with E-state index >= 15 is 0 Å². The second-order valence-corrected chi connectivity index (χ2v) is 8.59. The number of hydrogen-bond acceptors (Lipinski definition) is 7. The number of pyridine rings is 1. The summed E-state index contributed by atoms with van der Waals surface area (Å²) in [7, 11) is 0. The molecule has 0 spiro atoms. The molecule has 1 N–H and O–H groups in total. The zero-order valence-electron chi connectivity index (χ0n) is 17.2. The summed E-state index contributed by atoms with van der Waals surface area (Å²) < 4.78 is 5.03. The Labute approximate surface area is 185 Å². The minimum absolute atomic E-state index is 0.0467. The Balaban J connectivity index is 1.65. The van der Waals surface area contributed by atoms with Gasteiger partial charge in [0.1, 0.15) is 6.61 Å². The summed E-state index contributed by atoms with van der Waals surface area (Å²) >= 11 is 3.52. The van der Waals surface area contributed by atoms with E-state index in [1.807, 2.05) is 11.1 Å². The molecule has 30 heavy (non-hydrogen) atoms. The van der Waals surface area contributed by atoms with Crippen LogP contribution in [-0.2, 0) is 15.3 Å². The molecule has 2 aromatic carbocycles. The first-order valence-electron chi connectivity index (χ1n) is 9.74. The summed E-state index contributed by atoms with van der Waals surface area (Å²) in [6.07, 6.45) is 3.94. The van der Waals surface area contributed by atoms with E-state index in [9.17, 15) is 9.90 Å². The van der Waals surface area contributed by atoms with Crippen LogP contribution in [0.25, 0.3) is 10.9 Å². The van der Waals surface area contributed by atoms with Gasteiger partial charge in [-0.2, -0.15) is 0 Å². The third kappa shape index (κ3) is 6.14. The molecular formula is C23H26N2O3S2. The van der Waals surface area contributed by atoms with E-state index in [0.29, 0.717) is 19.7 Å². The van der Waals surface area contributed by atoms with Crippen LogP contribution in [0.1, 0.15) is 12.5 Å². The van der Waals surface area contributed by atoms with Crippen LogP contribution < -0.4 is 4.90 Å². The molecule has 0 atom stereocenters. The summed E-state index contributed by atoms with van der Waals surface area (Å²) in [5.41, 5.74) is 3.25. The molecule has 0 radical (unpaired) electrons. The highest BCUT2D eigenvalue weighted by atomic mass is 32.2. The molecule has 1 aromatic heterocycles. The van der Waals surface area contributed by atoms with Gasteiger partial charge in [-0.3, -0.25) is 9.78 Å². The SMILES string of the molecule is CSc1ccc2c(SCc3ccc(N(CCO)CCOC(C)=O)cc3)ccnc2c1. The fraction of sp³-hybridized carbons (Fsp3) is 0.304. The molecule has 5 nitrogen and oxygen atoms in total. The number of fused-ring (bicyclic) bond motifs is 1. The molecule has 0 amide bonds. The predicted molar refractivity (Wildman–Crippen MR) is 125 cm³/mol. The Bertz CT molecular complexity index is 980. The standard InChI is InChI=1S/C23H26N2O3S2/c1-17(27)28-14-12-25(11-13-26)19-5-3-18(4-6-19)16-30-23-9-10-24-22-15-20(29-2)7-8-21(22)23/h3-10,15,26H,11-14,16H2,1-2H3. The van der Waals surface area contributed by atoms with Crippen molar-refractivity contribution in [2.45, 2.75) is 22.5 Å². The van der Waals surface area contributed by atoms with E-state index < -0.39 is 0 Å². The zero-order valence-corrected chi connectivity index (χ0v) is 18.8. The number of thioether (sulfide) groups is 2. The van der Waals surface area contributed by atoms with Crippen molar-refractivity contribution in [2.75, 3.05) is 37.5 Å². The molecule has 158 valence electrons. The van der Waals surface area contributed by atoms with Gasteiger partial charge in [0, 0.05) is 46.3 Å². The monoisotopic (exact) mass is 442 g/mol. The number of aliphatic hydroxyl groups excluding tert-OH is 1. The minimum atomic E-state index is -0.292. The quantitative estimate of drug-likeness (QED) is 0.363. The number of nitrogens with zero attached hydrogens (tertiary/aromatic N) is 2. The number of hydrogen-bond donors (Lipinski definition) is 1. The largest absolute Gasteiger partial charge is 0.464 e. The number of aliphatic hydroxyl groups is 1. The number of benzene rings is 2. The van der Waals surface area contributed by atoms with Crippen LogP contribution >= 0.6 is 23.5 Å². The highest BCUT2D eigenvalue weighted by molar-refractivity contribution is 7.99. The average Bonchev–Trinajstić information content (AvgIpc) is 2.76. The van der Waals surface area contributed by atoms with Crippen LogP contribution in [0, 0.1) is 0 Å². The summed E-state index contributed by atoms with van der Waals surface area (Å²) in [5.74, 6) is 0.566. The number of carbonyl (C=O) groups excluding carboxylic acids is 1. The van der Waals surface area contributed by atoms with Crippen molar-refractivity contribution >= 4 is 46.1 Å². The third-order valence-corrected chi connectivity index (χ3v) is 6.51. The normalized spacial score (nSPS) is 10.9. The first kappa shape index (κ1) is 22.5. The van der Waals surface area contributed by atoms with Gasteiger partial charge in [0.2, 0.25) is 0 Å². The summed E-state index contributed by atoms with van der Waals surface area (Å²) in [6.45, 7) is 2.80. The molecule has 1 heterocycles. The van der Waals surface area contributed by atoms with Gasteiger partial charge in [0.05, 0.1) is 18.7 Å². The number of ether oxygens (including phenoxy) is 1. The fourth-order valence-electron chi connectivity index (χ4n) is 3.11. The molecule has 0 saturated carbocycles. The lowest BCUT2D eigenvalue weighted by Crippen LogP contribution is -2.30. The molecule has 3 rings (SSSR count). The van der Waals surface area contributed by atoms with Gasteiger partial charge in [-0.15, -0.1) is 23.5 Å².